The van der Waals surface area contributed by atoms with E-state index in [1.807, 2.05) is 0 Å². The first kappa shape index (κ1) is 16.2. The SMILES string of the molecule is CC(NC(=O)c1ccco1)C(c1cccs1)[NH+]1CC[NH+](C)CC1. The lowest BCUT2D eigenvalue weighted by molar-refractivity contribution is -1.02. The maximum Gasteiger partial charge on any atom is 0.287 e. The number of quaternary nitrogens is 2. The van der Waals surface area contributed by atoms with Gasteiger partial charge in [-0.05, 0) is 30.5 Å². The van der Waals surface area contributed by atoms with Gasteiger partial charge >= 0.3 is 0 Å². The molecule has 0 aromatic carbocycles. The molecule has 0 spiro atoms. The van der Waals surface area contributed by atoms with Crippen molar-refractivity contribution in [3.63, 3.8) is 0 Å². The van der Waals surface area contributed by atoms with Crippen LogP contribution in [0.4, 0.5) is 0 Å². The molecule has 124 valence electrons. The van der Waals surface area contributed by atoms with Crippen LogP contribution in [0.15, 0.2) is 40.3 Å². The van der Waals surface area contributed by atoms with Crippen molar-refractivity contribution in [1.29, 1.82) is 0 Å². The number of hydrogen-bond acceptors (Lipinski definition) is 3. The van der Waals surface area contributed by atoms with Crippen molar-refractivity contribution in [2.75, 3.05) is 33.2 Å². The third-order valence-corrected chi connectivity index (χ3v) is 5.59. The molecule has 2 aromatic rings. The highest BCUT2D eigenvalue weighted by atomic mass is 32.1. The number of thiophene rings is 1. The molecule has 0 saturated carbocycles. The molecule has 1 aliphatic heterocycles. The van der Waals surface area contributed by atoms with Crippen molar-refractivity contribution in [3.05, 3.63) is 46.5 Å². The van der Waals surface area contributed by atoms with Crippen LogP contribution in [-0.2, 0) is 0 Å². The zero-order valence-corrected chi connectivity index (χ0v) is 14.5. The van der Waals surface area contributed by atoms with Crippen LogP contribution in [0.25, 0.3) is 0 Å². The highest BCUT2D eigenvalue weighted by molar-refractivity contribution is 7.10. The van der Waals surface area contributed by atoms with Gasteiger partial charge in [0.15, 0.2) is 5.76 Å². The summed E-state index contributed by atoms with van der Waals surface area (Å²) in [5, 5.41) is 5.24. The Morgan fingerprint density at radius 2 is 2.04 bits per heavy atom. The van der Waals surface area contributed by atoms with Crippen LogP contribution in [0.5, 0.6) is 0 Å². The number of furan rings is 1. The Kier molecular flexibility index (Phi) is 5.15. The minimum atomic E-state index is -0.136. The molecule has 1 fully saturated rings. The Bertz CT molecular complexity index is 604. The predicted molar refractivity (Wildman–Crippen MR) is 90.0 cm³/mol. The van der Waals surface area contributed by atoms with Gasteiger partial charge < -0.3 is 19.5 Å². The first-order valence-corrected chi connectivity index (χ1v) is 9.07. The molecule has 1 amide bonds. The van der Waals surface area contributed by atoms with Crippen LogP contribution in [0.3, 0.4) is 0 Å². The van der Waals surface area contributed by atoms with Crippen LogP contribution in [0.1, 0.15) is 28.4 Å². The number of carbonyl (C=O) groups excluding carboxylic acids is 1. The average molecular weight is 335 g/mol. The number of nitrogens with one attached hydrogen (secondary N) is 3. The molecule has 1 aliphatic rings. The minimum absolute atomic E-state index is 0.0552. The van der Waals surface area contributed by atoms with Crippen LogP contribution < -0.4 is 15.1 Å². The second-order valence-corrected chi connectivity index (χ2v) is 7.33. The molecule has 2 aromatic heterocycles. The Morgan fingerprint density at radius 3 is 2.65 bits per heavy atom. The number of rotatable bonds is 5. The summed E-state index contributed by atoms with van der Waals surface area (Å²) in [6.45, 7) is 6.72. The van der Waals surface area contributed by atoms with Gasteiger partial charge in [-0.25, -0.2) is 0 Å². The highest BCUT2D eigenvalue weighted by Crippen LogP contribution is 2.20. The van der Waals surface area contributed by atoms with Gasteiger partial charge in [0.25, 0.3) is 5.91 Å². The third-order valence-electron chi connectivity index (χ3n) is 4.64. The molecule has 0 radical (unpaired) electrons. The van der Waals surface area contributed by atoms with Crippen molar-refractivity contribution >= 4 is 17.2 Å². The Labute approximate surface area is 140 Å². The Hall–Kier alpha value is -1.63. The standard InChI is InChI=1S/C17H23N3O2S/c1-13(18-17(21)14-5-3-11-22-14)16(15-6-4-12-23-15)20-9-7-19(2)8-10-20/h3-6,11-13,16H,7-10H2,1-2H3,(H,18,21)/p+2. The molecule has 2 atom stereocenters. The number of hydrogen-bond donors (Lipinski definition) is 3. The average Bonchev–Trinajstić information content (AvgIpc) is 3.22. The second-order valence-electron chi connectivity index (χ2n) is 6.35. The summed E-state index contributed by atoms with van der Waals surface area (Å²) >= 11 is 1.78. The van der Waals surface area contributed by atoms with E-state index < -0.39 is 0 Å². The van der Waals surface area contributed by atoms with Crippen molar-refractivity contribution in [2.24, 2.45) is 0 Å². The van der Waals surface area contributed by atoms with E-state index in [0.29, 0.717) is 11.8 Å². The van der Waals surface area contributed by atoms with Gasteiger partial charge in [0.05, 0.1) is 24.2 Å². The number of likely N-dealkylation sites (N-methyl/N-ethyl adjacent to an activating group) is 1. The van der Waals surface area contributed by atoms with Crippen LogP contribution in [0.2, 0.25) is 0 Å². The molecular weight excluding hydrogens is 310 g/mol. The van der Waals surface area contributed by atoms with Crippen LogP contribution >= 0.6 is 11.3 Å². The van der Waals surface area contributed by atoms with Gasteiger partial charge in [0.2, 0.25) is 0 Å². The largest absolute Gasteiger partial charge is 0.459 e. The smallest absolute Gasteiger partial charge is 0.287 e. The maximum absolute atomic E-state index is 12.3. The topological polar surface area (TPSA) is 51.1 Å². The fourth-order valence-electron chi connectivity index (χ4n) is 3.35. The molecule has 1 saturated heterocycles. The fraction of sp³-hybridized carbons (Fsp3) is 0.471. The molecule has 0 aliphatic carbocycles. The normalized spacial score (nSPS) is 24.1. The first-order valence-electron chi connectivity index (χ1n) is 8.19. The molecule has 23 heavy (non-hydrogen) atoms. The highest BCUT2D eigenvalue weighted by Gasteiger charge is 2.35. The van der Waals surface area contributed by atoms with E-state index in [1.54, 1.807) is 33.3 Å². The van der Waals surface area contributed by atoms with E-state index in [0.717, 1.165) is 13.1 Å². The predicted octanol–water partition coefficient (Wildman–Crippen LogP) is -0.386. The van der Waals surface area contributed by atoms with Crippen molar-refractivity contribution in [3.8, 4) is 0 Å². The quantitative estimate of drug-likeness (QED) is 0.697. The summed E-state index contributed by atoms with van der Waals surface area (Å²) in [6, 6.07) is 8.07. The Morgan fingerprint density at radius 1 is 1.26 bits per heavy atom. The molecule has 3 heterocycles. The Balaban J connectivity index is 1.74. The van der Waals surface area contributed by atoms with E-state index >= 15 is 0 Å². The summed E-state index contributed by atoms with van der Waals surface area (Å²) < 4.78 is 5.21. The van der Waals surface area contributed by atoms with E-state index in [4.69, 9.17) is 4.42 Å². The summed E-state index contributed by atoms with van der Waals surface area (Å²) in [5.41, 5.74) is 0. The second kappa shape index (κ2) is 7.29. The monoisotopic (exact) mass is 335 g/mol. The van der Waals surface area contributed by atoms with Crippen LogP contribution in [-0.4, -0.2) is 45.2 Å². The zero-order valence-electron chi connectivity index (χ0n) is 13.7. The molecule has 3 N–H and O–H groups in total. The number of amides is 1. The minimum Gasteiger partial charge on any atom is -0.459 e. The maximum atomic E-state index is 12.3. The van der Waals surface area contributed by atoms with Crippen molar-refractivity contribution in [2.45, 2.75) is 19.0 Å². The summed E-state index contributed by atoms with van der Waals surface area (Å²) in [6.07, 6.45) is 1.53. The van der Waals surface area contributed by atoms with Gasteiger partial charge in [-0.2, -0.15) is 0 Å². The van der Waals surface area contributed by atoms with E-state index in [-0.39, 0.29) is 11.9 Å². The molecule has 3 rings (SSSR count). The summed E-state index contributed by atoms with van der Waals surface area (Å²) in [7, 11) is 2.25. The molecule has 6 heteroatoms. The van der Waals surface area contributed by atoms with E-state index in [2.05, 4.69) is 36.8 Å². The zero-order chi connectivity index (χ0) is 16.2. The lowest BCUT2D eigenvalue weighted by Gasteiger charge is -2.35. The van der Waals surface area contributed by atoms with Gasteiger partial charge in [0.1, 0.15) is 32.2 Å². The van der Waals surface area contributed by atoms with Gasteiger partial charge in [-0.3, -0.25) is 4.79 Å². The van der Waals surface area contributed by atoms with Crippen molar-refractivity contribution < 1.29 is 19.0 Å². The van der Waals surface area contributed by atoms with Crippen LogP contribution in [0, 0.1) is 0 Å². The number of piperazine rings is 1. The van der Waals surface area contributed by atoms with E-state index in [9.17, 15) is 4.79 Å². The lowest BCUT2D eigenvalue weighted by Crippen LogP contribution is -3.27. The molecule has 5 nitrogen and oxygen atoms in total. The fourth-order valence-corrected chi connectivity index (χ4v) is 4.34. The van der Waals surface area contributed by atoms with Crippen molar-refractivity contribution in [1.82, 2.24) is 5.32 Å². The number of carbonyl (C=O) groups is 1. The molecule has 0 bridgehead atoms. The van der Waals surface area contributed by atoms with Gasteiger partial charge in [-0.15, -0.1) is 11.3 Å². The first-order chi connectivity index (χ1) is 11.1. The molecule has 2 unspecified atom stereocenters. The lowest BCUT2D eigenvalue weighted by atomic mass is 10.0. The summed E-state index contributed by atoms with van der Waals surface area (Å²) in [5.74, 6) is 0.239. The van der Waals surface area contributed by atoms with Gasteiger partial charge in [-0.1, -0.05) is 6.07 Å². The molecular formula is C17H25N3O2S+2. The van der Waals surface area contributed by atoms with E-state index in [1.165, 1.54) is 24.2 Å². The third kappa shape index (κ3) is 3.83. The summed E-state index contributed by atoms with van der Waals surface area (Å²) in [4.78, 5) is 16.8. The van der Waals surface area contributed by atoms with Gasteiger partial charge in [0, 0.05) is 0 Å².